The number of fused-ring (bicyclic) bond motifs is 5. The number of carbonyl (C=O) groups is 2. The smallest absolute Gasteiger partial charge is 0.178 e. The van der Waals surface area contributed by atoms with Crippen molar-refractivity contribution in [3.05, 3.63) is 23.8 Å². The molecule has 0 radical (unpaired) electrons. The fourth-order valence-corrected chi connectivity index (χ4v) is 8.27. The average Bonchev–Trinajstić information content (AvgIpc) is 2.97. The van der Waals surface area contributed by atoms with Crippen molar-refractivity contribution in [1.82, 2.24) is 0 Å². The lowest BCUT2D eigenvalue weighted by atomic mass is 9.40. The molecule has 8 atom stereocenters. The van der Waals surface area contributed by atoms with Crippen molar-refractivity contribution >= 4 is 11.6 Å². The lowest BCUT2D eigenvalue weighted by Gasteiger charge is -2.65. The molecule has 6 nitrogen and oxygen atoms in total. The minimum Gasteiger partial charge on any atom is -0.390 e. The van der Waals surface area contributed by atoms with Crippen molar-refractivity contribution < 1.29 is 33.7 Å². The Balaban J connectivity index is 1.73. The molecule has 0 heterocycles. The van der Waals surface area contributed by atoms with Crippen LogP contribution in [-0.2, 0) is 19.1 Å². The Bertz CT molecular complexity index is 997. The van der Waals surface area contributed by atoms with Crippen LogP contribution in [-0.4, -0.2) is 58.7 Å². The van der Waals surface area contributed by atoms with E-state index in [4.69, 9.17) is 9.47 Å². The topological polar surface area (TPSA) is 93.1 Å². The molecular weight excluding hydrogens is 475 g/mol. The number of Topliss-reactive ketones (excluding diaryl/α,β-unsaturated/α-hetero) is 1. The zero-order valence-electron chi connectivity index (χ0n) is 23.5. The first kappa shape index (κ1) is 28.6. The average molecular weight is 521 g/mol. The Morgan fingerprint density at radius 3 is 2.51 bits per heavy atom. The second kappa shape index (κ2) is 9.35. The van der Waals surface area contributed by atoms with Gasteiger partial charge in [0.05, 0.1) is 18.1 Å². The minimum absolute atomic E-state index is 0.0776. The summed E-state index contributed by atoms with van der Waals surface area (Å²) < 4.78 is 29.4. The number of hydrogen-bond donors (Lipinski definition) is 2. The molecule has 0 bridgehead atoms. The van der Waals surface area contributed by atoms with Crippen molar-refractivity contribution in [2.75, 3.05) is 13.2 Å². The second-order valence-electron chi connectivity index (χ2n) is 13.5. The number of carbonyl (C=O) groups excluding carboxylic acids is 2. The zero-order valence-corrected chi connectivity index (χ0v) is 23.5. The lowest BCUT2D eigenvalue weighted by Crippen LogP contribution is -2.69. The summed E-state index contributed by atoms with van der Waals surface area (Å²) in [6.07, 6.45) is 4.91. The van der Waals surface area contributed by atoms with E-state index in [1.54, 1.807) is 13.0 Å². The Hall–Kier alpha value is -1.41. The van der Waals surface area contributed by atoms with Gasteiger partial charge in [-0.05, 0) is 81.8 Å². The summed E-state index contributed by atoms with van der Waals surface area (Å²) in [6.45, 7) is 13.5. The quantitative estimate of drug-likeness (QED) is 0.355. The van der Waals surface area contributed by atoms with Crippen LogP contribution in [0.3, 0.4) is 0 Å². The Morgan fingerprint density at radius 1 is 1.22 bits per heavy atom. The number of ketones is 2. The first-order chi connectivity index (χ1) is 17.0. The molecule has 0 amide bonds. The third kappa shape index (κ3) is 4.38. The summed E-state index contributed by atoms with van der Waals surface area (Å²) in [7, 11) is 0. The van der Waals surface area contributed by atoms with E-state index in [9.17, 15) is 19.8 Å². The predicted molar refractivity (Wildman–Crippen MR) is 138 cm³/mol. The monoisotopic (exact) mass is 520 g/mol. The van der Waals surface area contributed by atoms with Gasteiger partial charge in [0.25, 0.3) is 0 Å². The number of hydrogen-bond acceptors (Lipinski definition) is 6. The lowest BCUT2D eigenvalue weighted by molar-refractivity contribution is -0.227. The molecule has 0 saturated heterocycles. The van der Waals surface area contributed by atoms with Crippen LogP contribution in [0.4, 0.5) is 4.39 Å². The van der Waals surface area contributed by atoms with Crippen LogP contribution in [0.1, 0.15) is 80.6 Å². The van der Waals surface area contributed by atoms with Gasteiger partial charge in [-0.15, -0.1) is 0 Å². The summed E-state index contributed by atoms with van der Waals surface area (Å²) in [5, 5.41) is 22.2. The highest BCUT2D eigenvalue weighted by Gasteiger charge is 2.76. The van der Waals surface area contributed by atoms with Crippen LogP contribution >= 0.6 is 0 Å². The largest absolute Gasteiger partial charge is 0.390 e. The van der Waals surface area contributed by atoms with Crippen molar-refractivity contribution in [3.8, 4) is 0 Å². The summed E-state index contributed by atoms with van der Waals surface area (Å²) in [5.41, 5.74) is -3.86. The van der Waals surface area contributed by atoms with E-state index >= 15 is 4.39 Å². The highest BCUT2D eigenvalue weighted by atomic mass is 19.1. The number of halogens is 1. The van der Waals surface area contributed by atoms with Gasteiger partial charge in [0, 0.05) is 17.9 Å². The van der Waals surface area contributed by atoms with Gasteiger partial charge in [0.2, 0.25) is 0 Å². The van der Waals surface area contributed by atoms with E-state index in [1.165, 1.54) is 26.0 Å². The molecule has 0 aromatic rings. The maximum absolute atomic E-state index is 17.6. The van der Waals surface area contributed by atoms with E-state index in [-0.39, 0.29) is 24.6 Å². The molecule has 0 spiro atoms. The van der Waals surface area contributed by atoms with E-state index in [2.05, 4.69) is 13.8 Å². The molecular formula is C30H45FO6. The molecule has 7 heteroatoms. The molecule has 4 aliphatic rings. The highest BCUT2D eigenvalue weighted by Crippen LogP contribution is 2.74. The van der Waals surface area contributed by atoms with Gasteiger partial charge in [0.1, 0.15) is 6.61 Å². The summed E-state index contributed by atoms with van der Waals surface area (Å²) >= 11 is 0. The number of aliphatic hydroxyl groups is 2. The fourth-order valence-electron chi connectivity index (χ4n) is 8.27. The molecule has 3 saturated carbocycles. The molecule has 3 fully saturated rings. The van der Waals surface area contributed by atoms with E-state index in [0.29, 0.717) is 31.8 Å². The van der Waals surface area contributed by atoms with Crippen LogP contribution in [0.25, 0.3) is 0 Å². The maximum atomic E-state index is 17.6. The normalized spacial score (nSPS) is 43.3. The standard InChI is InChI=1S/C30H45FO6/c1-18(2)11-13-36-17-21(33)25-22(37-26(3,4)35)15-28(6)23-9-8-19-14-20(32)10-12-27(19,5)30(23,31)24(34)16-29(25,28)7/h10,12,14,18,22-25,34-35H,8-9,11,13,15-17H2,1-7H3/t22-,23+,24+,25?,27+,28+,29-,30+/m1/s1. The van der Waals surface area contributed by atoms with Crippen LogP contribution in [0, 0.1) is 34.0 Å². The molecule has 2 N–H and O–H groups in total. The van der Waals surface area contributed by atoms with Crippen LogP contribution in [0.5, 0.6) is 0 Å². The third-order valence-corrected chi connectivity index (χ3v) is 10.3. The first-order valence-electron chi connectivity index (χ1n) is 13.8. The number of aliphatic hydroxyl groups excluding tert-OH is 1. The molecule has 4 aliphatic carbocycles. The predicted octanol–water partition coefficient (Wildman–Crippen LogP) is 4.72. The zero-order chi connectivity index (χ0) is 27.6. The Morgan fingerprint density at radius 2 is 1.89 bits per heavy atom. The summed E-state index contributed by atoms with van der Waals surface area (Å²) in [5.74, 6) is -2.53. The van der Waals surface area contributed by atoms with Crippen LogP contribution in [0.15, 0.2) is 23.8 Å². The molecule has 1 unspecified atom stereocenters. The second-order valence-corrected chi connectivity index (χ2v) is 13.5. The summed E-state index contributed by atoms with van der Waals surface area (Å²) in [6, 6.07) is 0. The molecule has 37 heavy (non-hydrogen) atoms. The van der Waals surface area contributed by atoms with Gasteiger partial charge >= 0.3 is 0 Å². The van der Waals surface area contributed by atoms with Crippen molar-refractivity contribution in [2.45, 2.75) is 104 Å². The summed E-state index contributed by atoms with van der Waals surface area (Å²) in [4.78, 5) is 25.8. The van der Waals surface area contributed by atoms with Gasteiger partial charge in [-0.25, -0.2) is 4.39 Å². The number of alkyl halides is 1. The molecule has 4 rings (SSSR count). The molecule has 0 aromatic heterocycles. The SMILES string of the molecule is CC(C)CCOCC(=O)C1[C@H](OC(C)(C)O)C[C@@]2(C)[C@@H]3CCC4=CC(=O)C=C[C@]4(C)[C@@]3(F)[C@@H](O)C[C@]12C. The Labute approximate surface area is 220 Å². The molecule has 208 valence electrons. The van der Waals surface area contributed by atoms with Crippen molar-refractivity contribution in [2.24, 2.45) is 34.0 Å². The number of ether oxygens (including phenoxy) is 2. The van der Waals surface area contributed by atoms with Crippen LogP contribution < -0.4 is 0 Å². The third-order valence-electron chi connectivity index (χ3n) is 10.3. The highest BCUT2D eigenvalue weighted by molar-refractivity contribution is 6.01. The fraction of sp³-hybridized carbons (Fsp3) is 0.800. The Kier molecular flexibility index (Phi) is 7.23. The van der Waals surface area contributed by atoms with E-state index in [1.807, 2.05) is 13.8 Å². The van der Waals surface area contributed by atoms with Crippen molar-refractivity contribution in [3.63, 3.8) is 0 Å². The number of rotatable bonds is 8. The van der Waals surface area contributed by atoms with Gasteiger partial charge in [-0.2, -0.15) is 0 Å². The molecule has 0 aromatic carbocycles. The van der Waals surface area contributed by atoms with Gasteiger partial charge < -0.3 is 19.7 Å². The maximum Gasteiger partial charge on any atom is 0.178 e. The van der Waals surface area contributed by atoms with Crippen molar-refractivity contribution in [1.29, 1.82) is 0 Å². The van der Waals surface area contributed by atoms with Gasteiger partial charge in [-0.3, -0.25) is 9.59 Å². The number of allylic oxidation sites excluding steroid dienone is 4. The minimum atomic E-state index is -2.01. The molecule has 0 aliphatic heterocycles. The van der Waals surface area contributed by atoms with Gasteiger partial charge in [-0.1, -0.05) is 39.3 Å². The first-order valence-corrected chi connectivity index (χ1v) is 13.8. The van der Waals surface area contributed by atoms with Crippen LogP contribution in [0.2, 0.25) is 0 Å². The van der Waals surface area contributed by atoms with E-state index < -0.39 is 51.7 Å². The van der Waals surface area contributed by atoms with E-state index in [0.717, 1.165) is 12.0 Å². The van der Waals surface area contributed by atoms with Gasteiger partial charge in [0.15, 0.2) is 23.0 Å².